The minimum absolute atomic E-state index is 0.438. The number of ether oxygens (including phenoxy) is 2. The lowest BCUT2D eigenvalue weighted by Crippen LogP contribution is -2.39. The smallest absolute Gasteiger partial charge is 0.190 e. The summed E-state index contributed by atoms with van der Waals surface area (Å²) in [6.07, 6.45) is 7.25. The second-order valence-corrected chi connectivity index (χ2v) is 5.17. The standard InChI is InChI=1S/C15H31N3O2/c1-3-4-11-19-12-6-9-17-15(16-2)18-10-8-14-7-5-13-20-14/h14H,3-13H2,1-2H3,(H2,16,17,18). The highest BCUT2D eigenvalue weighted by Gasteiger charge is 2.14. The summed E-state index contributed by atoms with van der Waals surface area (Å²) < 4.78 is 11.1. The highest BCUT2D eigenvalue weighted by molar-refractivity contribution is 5.79. The predicted octanol–water partition coefficient (Wildman–Crippen LogP) is 1.93. The maximum atomic E-state index is 5.60. The van der Waals surface area contributed by atoms with E-state index >= 15 is 0 Å². The molecule has 0 radical (unpaired) electrons. The van der Waals surface area contributed by atoms with Crippen LogP contribution in [0, 0.1) is 0 Å². The molecule has 0 aromatic rings. The van der Waals surface area contributed by atoms with Gasteiger partial charge in [0.05, 0.1) is 6.10 Å². The molecule has 0 amide bonds. The molecule has 1 atom stereocenters. The Kier molecular flexibility index (Phi) is 10.3. The Morgan fingerprint density at radius 2 is 2.05 bits per heavy atom. The molecule has 1 rings (SSSR count). The fourth-order valence-corrected chi connectivity index (χ4v) is 2.17. The van der Waals surface area contributed by atoms with E-state index in [1.807, 2.05) is 0 Å². The Morgan fingerprint density at radius 1 is 1.25 bits per heavy atom. The Morgan fingerprint density at radius 3 is 2.75 bits per heavy atom. The monoisotopic (exact) mass is 285 g/mol. The van der Waals surface area contributed by atoms with E-state index in [9.17, 15) is 0 Å². The van der Waals surface area contributed by atoms with E-state index in [2.05, 4.69) is 22.5 Å². The average molecular weight is 285 g/mol. The summed E-state index contributed by atoms with van der Waals surface area (Å²) in [6, 6.07) is 0. The van der Waals surface area contributed by atoms with Crippen molar-refractivity contribution < 1.29 is 9.47 Å². The predicted molar refractivity (Wildman–Crippen MR) is 83.3 cm³/mol. The normalized spacial score (nSPS) is 19.3. The lowest BCUT2D eigenvalue weighted by atomic mass is 10.2. The van der Waals surface area contributed by atoms with Crippen molar-refractivity contribution in [1.82, 2.24) is 10.6 Å². The quantitative estimate of drug-likeness (QED) is 0.366. The molecule has 118 valence electrons. The SMILES string of the molecule is CCCCOCCCNC(=NC)NCCC1CCCO1. The molecule has 0 spiro atoms. The fraction of sp³-hybridized carbons (Fsp3) is 0.933. The molecule has 1 aliphatic heterocycles. The molecular formula is C15H31N3O2. The van der Waals surface area contributed by atoms with Crippen molar-refractivity contribution in [3.8, 4) is 0 Å². The molecule has 2 N–H and O–H groups in total. The zero-order valence-electron chi connectivity index (χ0n) is 13.1. The molecule has 1 fully saturated rings. The Labute approximate surface area is 123 Å². The number of hydrogen-bond donors (Lipinski definition) is 2. The average Bonchev–Trinajstić information content (AvgIpc) is 2.97. The van der Waals surface area contributed by atoms with Crippen LogP contribution in [0.15, 0.2) is 4.99 Å². The van der Waals surface area contributed by atoms with Crippen molar-refractivity contribution in [2.45, 2.75) is 51.6 Å². The van der Waals surface area contributed by atoms with Gasteiger partial charge in [0.15, 0.2) is 5.96 Å². The highest BCUT2D eigenvalue weighted by Crippen LogP contribution is 2.14. The van der Waals surface area contributed by atoms with Gasteiger partial charge in [0.1, 0.15) is 0 Å². The Bertz CT molecular complexity index is 254. The number of aliphatic imine (C=N–C) groups is 1. The first-order valence-electron chi connectivity index (χ1n) is 8.00. The third-order valence-electron chi connectivity index (χ3n) is 3.41. The number of hydrogen-bond acceptors (Lipinski definition) is 3. The van der Waals surface area contributed by atoms with Crippen molar-refractivity contribution in [2.75, 3.05) is 40.0 Å². The van der Waals surface area contributed by atoms with Gasteiger partial charge in [0.25, 0.3) is 0 Å². The number of nitrogens with zero attached hydrogens (tertiary/aromatic N) is 1. The lowest BCUT2D eigenvalue weighted by molar-refractivity contribution is 0.105. The molecule has 0 aromatic heterocycles. The largest absolute Gasteiger partial charge is 0.381 e. The van der Waals surface area contributed by atoms with Gasteiger partial charge in [-0.05, 0) is 32.1 Å². The van der Waals surface area contributed by atoms with Crippen molar-refractivity contribution >= 4 is 5.96 Å². The first kappa shape index (κ1) is 17.2. The topological polar surface area (TPSA) is 54.9 Å². The first-order valence-corrected chi connectivity index (χ1v) is 8.00. The highest BCUT2D eigenvalue weighted by atomic mass is 16.5. The summed E-state index contributed by atoms with van der Waals surface area (Å²) in [5, 5.41) is 6.63. The summed E-state index contributed by atoms with van der Waals surface area (Å²) in [5.74, 6) is 0.872. The number of unbranched alkanes of at least 4 members (excludes halogenated alkanes) is 1. The van der Waals surface area contributed by atoms with Gasteiger partial charge in [-0.25, -0.2) is 0 Å². The summed E-state index contributed by atoms with van der Waals surface area (Å²) >= 11 is 0. The van der Waals surface area contributed by atoms with Crippen LogP contribution in [0.1, 0.15) is 45.4 Å². The van der Waals surface area contributed by atoms with E-state index in [0.717, 1.165) is 58.1 Å². The van der Waals surface area contributed by atoms with Crippen LogP contribution >= 0.6 is 0 Å². The van der Waals surface area contributed by atoms with Gasteiger partial charge >= 0.3 is 0 Å². The molecule has 1 saturated heterocycles. The molecule has 0 aliphatic carbocycles. The number of guanidine groups is 1. The third-order valence-corrected chi connectivity index (χ3v) is 3.41. The van der Waals surface area contributed by atoms with Crippen LogP contribution in [0.3, 0.4) is 0 Å². The second-order valence-electron chi connectivity index (χ2n) is 5.17. The lowest BCUT2D eigenvalue weighted by Gasteiger charge is -2.14. The summed E-state index contributed by atoms with van der Waals surface area (Å²) in [6.45, 7) is 6.61. The van der Waals surface area contributed by atoms with Crippen LogP contribution in [-0.4, -0.2) is 52.0 Å². The van der Waals surface area contributed by atoms with Gasteiger partial charge in [0, 0.05) is 40.0 Å². The van der Waals surface area contributed by atoms with E-state index < -0.39 is 0 Å². The van der Waals surface area contributed by atoms with Gasteiger partial charge in [-0.3, -0.25) is 4.99 Å². The van der Waals surface area contributed by atoms with Crippen molar-refractivity contribution in [2.24, 2.45) is 4.99 Å². The maximum absolute atomic E-state index is 5.60. The molecule has 20 heavy (non-hydrogen) atoms. The van der Waals surface area contributed by atoms with Crippen molar-refractivity contribution in [3.05, 3.63) is 0 Å². The minimum atomic E-state index is 0.438. The first-order chi connectivity index (χ1) is 9.86. The number of rotatable bonds is 10. The van der Waals surface area contributed by atoms with E-state index in [-0.39, 0.29) is 0 Å². The zero-order valence-corrected chi connectivity index (χ0v) is 13.1. The summed E-state index contributed by atoms with van der Waals surface area (Å²) in [7, 11) is 1.80. The van der Waals surface area contributed by atoms with Gasteiger partial charge in [-0.15, -0.1) is 0 Å². The molecule has 1 aliphatic rings. The van der Waals surface area contributed by atoms with Crippen LogP contribution in [0.2, 0.25) is 0 Å². The van der Waals surface area contributed by atoms with Gasteiger partial charge in [-0.1, -0.05) is 13.3 Å². The molecule has 5 heteroatoms. The second kappa shape index (κ2) is 12.0. The molecule has 0 aromatic carbocycles. The fourth-order valence-electron chi connectivity index (χ4n) is 2.17. The Balaban J connectivity index is 1.93. The van der Waals surface area contributed by atoms with E-state index in [0.29, 0.717) is 6.10 Å². The van der Waals surface area contributed by atoms with Crippen LogP contribution in [0.25, 0.3) is 0 Å². The van der Waals surface area contributed by atoms with E-state index in [1.54, 1.807) is 7.05 Å². The summed E-state index contributed by atoms with van der Waals surface area (Å²) in [4.78, 5) is 4.21. The Hall–Kier alpha value is -0.810. The van der Waals surface area contributed by atoms with Gasteiger partial charge in [0.2, 0.25) is 0 Å². The van der Waals surface area contributed by atoms with Crippen LogP contribution < -0.4 is 10.6 Å². The molecule has 1 heterocycles. The van der Waals surface area contributed by atoms with E-state index in [4.69, 9.17) is 9.47 Å². The van der Waals surface area contributed by atoms with Crippen LogP contribution in [0.4, 0.5) is 0 Å². The molecule has 0 bridgehead atoms. The molecule has 0 saturated carbocycles. The van der Waals surface area contributed by atoms with Gasteiger partial charge in [-0.2, -0.15) is 0 Å². The third kappa shape index (κ3) is 8.38. The number of nitrogens with one attached hydrogen (secondary N) is 2. The molecular weight excluding hydrogens is 254 g/mol. The van der Waals surface area contributed by atoms with Crippen LogP contribution in [-0.2, 0) is 9.47 Å². The minimum Gasteiger partial charge on any atom is -0.381 e. The van der Waals surface area contributed by atoms with Crippen LogP contribution in [0.5, 0.6) is 0 Å². The maximum Gasteiger partial charge on any atom is 0.190 e. The van der Waals surface area contributed by atoms with Crippen molar-refractivity contribution in [1.29, 1.82) is 0 Å². The molecule has 1 unspecified atom stereocenters. The summed E-state index contributed by atoms with van der Waals surface area (Å²) in [5.41, 5.74) is 0. The van der Waals surface area contributed by atoms with E-state index in [1.165, 1.54) is 19.3 Å². The van der Waals surface area contributed by atoms with Gasteiger partial charge < -0.3 is 20.1 Å². The van der Waals surface area contributed by atoms with Crippen molar-refractivity contribution in [3.63, 3.8) is 0 Å². The zero-order chi connectivity index (χ0) is 14.5. The molecule has 5 nitrogen and oxygen atoms in total.